The zero-order valence-corrected chi connectivity index (χ0v) is 14.3. The molecular formula is C18H17BrO4. The molecule has 3 rings (SSSR count). The van der Waals surface area contributed by atoms with Crippen molar-refractivity contribution in [3.8, 4) is 11.5 Å². The molecular weight excluding hydrogens is 360 g/mol. The van der Waals surface area contributed by atoms with Crippen LogP contribution in [0.15, 0.2) is 28.7 Å². The fraction of sp³-hybridized carbons (Fsp3) is 0.278. The lowest BCUT2D eigenvalue weighted by Gasteiger charge is -2.24. The number of fused-ring (bicyclic) bond motifs is 2. The van der Waals surface area contributed by atoms with Gasteiger partial charge in [-0.1, -0.05) is 24.3 Å². The van der Waals surface area contributed by atoms with E-state index < -0.39 is 5.97 Å². The predicted octanol–water partition coefficient (Wildman–Crippen LogP) is 3.46. The molecule has 0 spiro atoms. The lowest BCUT2D eigenvalue weighted by atomic mass is 9.83. The van der Waals surface area contributed by atoms with Crippen LogP contribution in [-0.4, -0.2) is 22.8 Å². The fourth-order valence-corrected chi connectivity index (χ4v) is 3.60. The van der Waals surface area contributed by atoms with Crippen LogP contribution in [0.25, 0.3) is 0 Å². The molecule has 0 radical (unpaired) electrons. The van der Waals surface area contributed by atoms with Gasteiger partial charge in [-0.25, -0.2) is 0 Å². The summed E-state index contributed by atoms with van der Waals surface area (Å²) in [7, 11) is 0. The van der Waals surface area contributed by atoms with E-state index in [0.717, 1.165) is 11.1 Å². The standard InChI is InChI=1S/C18H17BrO4/c1-2-23-15(20)9-14-16(19)18(22)13-8-11-6-4-3-5-10(11)7-12(13)17(14)21/h3-6,21-22H,2,7-9H2,1H3. The third kappa shape index (κ3) is 2.81. The third-order valence-electron chi connectivity index (χ3n) is 4.17. The van der Waals surface area contributed by atoms with Crippen LogP contribution >= 0.6 is 15.9 Å². The van der Waals surface area contributed by atoms with Crippen LogP contribution in [0, 0.1) is 0 Å². The Hall–Kier alpha value is -2.01. The number of halogens is 1. The highest BCUT2D eigenvalue weighted by atomic mass is 79.9. The second-order valence-corrected chi connectivity index (χ2v) is 6.34. The molecule has 1 aliphatic carbocycles. The number of benzene rings is 2. The highest BCUT2D eigenvalue weighted by molar-refractivity contribution is 9.10. The van der Waals surface area contributed by atoms with Crippen molar-refractivity contribution < 1.29 is 19.7 Å². The Balaban J connectivity index is 2.07. The summed E-state index contributed by atoms with van der Waals surface area (Å²) in [5, 5.41) is 21.1. The van der Waals surface area contributed by atoms with Gasteiger partial charge in [0.2, 0.25) is 0 Å². The van der Waals surface area contributed by atoms with Gasteiger partial charge in [0, 0.05) is 29.5 Å². The molecule has 0 saturated carbocycles. The van der Waals surface area contributed by atoms with Gasteiger partial charge in [-0.2, -0.15) is 0 Å². The molecule has 4 nitrogen and oxygen atoms in total. The van der Waals surface area contributed by atoms with Crippen LogP contribution in [0.2, 0.25) is 0 Å². The van der Waals surface area contributed by atoms with E-state index in [4.69, 9.17) is 4.74 Å². The average Bonchev–Trinajstić information content (AvgIpc) is 2.56. The number of carbonyl (C=O) groups is 1. The monoisotopic (exact) mass is 376 g/mol. The van der Waals surface area contributed by atoms with Crippen molar-refractivity contribution in [3.05, 3.63) is 56.6 Å². The summed E-state index contributed by atoms with van der Waals surface area (Å²) in [6.07, 6.45) is 1.01. The van der Waals surface area contributed by atoms with Crippen LogP contribution in [0.3, 0.4) is 0 Å². The summed E-state index contributed by atoms with van der Waals surface area (Å²) in [5.41, 5.74) is 4.03. The van der Waals surface area contributed by atoms with Crippen molar-refractivity contribution in [2.45, 2.75) is 26.2 Å². The average molecular weight is 377 g/mol. The molecule has 0 aliphatic heterocycles. The Kier molecular flexibility index (Phi) is 4.31. The van der Waals surface area contributed by atoms with E-state index in [9.17, 15) is 15.0 Å². The number of aromatic hydroxyl groups is 2. The number of rotatable bonds is 3. The van der Waals surface area contributed by atoms with Gasteiger partial charge in [0.1, 0.15) is 11.5 Å². The minimum Gasteiger partial charge on any atom is -0.507 e. The Morgan fingerprint density at radius 1 is 1.13 bits per heavy atom. The first kappa shape index (κ1) is 15.9. The summed E-state index contributed by atoms with van der Waals surface area (Å²) < 4.78 is 5.31. The number of hydrogen-bond acceptors (Lipinski definition) is 4. The second-order valence-electron chi connectivity index (χ2n) is 5.55. The number of hydrogen-bond donors (Lipinski definition) is 2. The number of phenols is 2. The number of phenolic OH excluding ortho intramolecular Hbond substituents is 2. The Labute approximate surface area is 142 Å². The minimum atomic E-state index is -0.431. The van der Waals surface area contributed by atoms with E-state index in [1.54, 1.807) is 6.92 Å². The lowest BCUT2D eigenvalue weighted by molar-refractivity contribution is -0.142. The van der Waals surface area contributed by atoms with Crippen molar-refractivity contribution in [3.63, 3.8) is 0 Å². The quantitative estimate of drug-likeness (QED) is 0.542. The summed E-state index contributed by atoms with van der Waals surface area (Å²) >= 11 is 3.31. The molecule has 0 heterocycles. The van der Waals surface area contributed by atoms with Crippen LogP contribution in [-0.2, 0) is 28.8 Å². The van der Waals surface area contributed by atoms with Crippen LogP contribution in [0.1, 0.15) is 34.7 Å². The highest BCUT2D eigenvalue weighted by Gasteiger charge is 2.27. The maximum Gasteiger partial charge on any atom is 0.310 e. The zero-order valence-electron chi connectivity index (χ0n) is 12.7. The fourth-order valence-electron chi connectivity index (χ4n) is 3.03. The topological polar surface area (TPSA) is 66.8 Å². The van der Waals surface area contributed by atoms with Gasteiger partial charge in [0.15, 0.2) is 0 Å². The first-order chi connectivity index (χ1) is 11.0. The summed E-state index contributed by atoms with van der Waals surface area (Å²) in [6.45, 7) is 2.01. The maximum absolute atomic E-state index is 11.8. The molecule has 0 aromatic heterocycles. The number of carbonyl (C=O) groups excluding carboxylic acids is 1. The molecule has 2 aromatic rings. The van der Waals surface area contributed by atoms with Gasteiger partial charge in [-0.05, 0) is 34.0 Å². The van der Waals surface area contributed by atoms with Gasteiger partial charge in [-0.3, -0.25) is 4.79 Å². The van der Waals surface area contributed by atoms with Crippen molar-refractivity contribution in [2.24, 2.45) is 0 Å². The summed E-state index contributed by atoms with van der Waals surface area (Å²) in [6, 6.07) is 7.96. The molecule has 1 aliphatic rings. The van der Waals surface area contributed by atoms with Crippen molar-refractivity contribution in [2.75, 3.05) is 6.61 Å². The van der Waals surface area contributed by atoms with Gasteiger partial charge < -0.3 is 14.9 Å². The Morgan fingerprint density at radius 3 is 2.26 bits per heavy atom. The third-order valence-corrected chi connectivity index (χ3v) is 5.03. The first-order valence-electron chi connectivity index (χ1n) is 7.49. The first-order valence-corrected chi connectivity index (χ1v) is 8.28. The normalized spacial score (nSPS) is 12.4. The molecule has 0 amide bonds. The van der Waals surface area contributed by atoms with Gasteiger partial charge >= 0.3 is 5.97 Å². The molecule has 0 atom stereocenters. The predicted molar refractivity (Wildman–Crippen MR) is 89.9 cm³/mol. The largest absolute Gasteiger partial charge is 0.507 e. The second kappa shape index (κ2) is 6.24. The van der Waals surface area contributed by atoms with E-state index in [0.29, 0.717) is 34.0 Å². The molecule has 2 aromatic carbocycles. The van der Waals surface area contributed by atoms with E-state index in [2.05, 4.69) is 15.9 Å². The molecule has 120 valence electrons. The molecule has 0 bridgehead atoms. The van der Waals surface area contributed by atoms with Gasteiger partial charge in [0.05, 0.1) is 17.5 Å². The van der Waals surface area contributed by atoms with Gasteiger partial charge in [-0.15, -0.1) is 0 Å². The van der Waals surface area contributed by atoms with Gasteiger partial charge in [0.25, 0.3) is 0 Å². The smallest absolute Gasteiger partial charge is 0.310 e. The summed E-state index contributed by atoms with van der Waals surface area (Å²) in [5.74, 6) is -0.280. The Morgan fingerprint density at radius 2 is 1.70 bits per heavy atom. The number of ether oxygens (including phenoxy) is 1. The van der Waals surface area contributed by atoms with E-state index >= 15 is 0 Å². The Bertz CT molecular complexity index is 783. The van der Waals surface area contributed by atoms with E-state index in [1.165, 1.54) is 0 Å². The molecule has 2 N–H and O–H groups in total. The van der Waals surface area contributed by atoms with E-state index in [1.807, 2.05) is 24.3 Å². The van der Waals surface area contributed by atoms with Crippen molar-refractivity contribution in [1.82, 2.24) is 0 Å². The molecule has 0 saturated heterocycles. The molecule has 23 heavy (non-hydrogen) atoms. The SMILES string of the molecule is CCOC(=O)Cc1c(O)c2c(c(O)c1Br)Cc1ccccc1C2. The summed E-state index contributed by atoms with van der Waals surface area (Å²) in [4.78, 5) is 11.8. The zero-order chi connectivity index (χ0) is 16.6. The minimum absolute atomic E-state index is 0.0623. The molecule has 0 fully saturated rings. The van der Waals surface area contributed by atoms with E-state index in [-0.39, 0.29) is 24.5 Å². The van der Waals surface area contributed by atoms with Crippen molar-refractivity contribution >= 4 is 21.9 Å². The highest BCUT2D eigenvalue weighted by Crippen LogP contribution is 2.45. The van der Waals surface area contributed by atoms with Crippen molar-refractivity contribution in [1.29, 1.82) is 0 Å². The number of esters is 1. The van der Waals surface area contributed by atoms with Crippen LogP contribution < -0.4 is 0 Å². The lowest BCUT2D eigenvalue weighted by Crippen LogP contribution is -2.12. The van der Waals surface area contributed by atoms with Crippen LogP contribution in [0.5, 0.6) is 11.5 Å². The van der Waals surface area contributed by atoms with Crippen LogP contribution in [0.4, 0.5) is 0 Å². The molecule has 5 heteroatoms. The maximum atomic E-state index is 11.8. The molecule has 0 unspecified atom stereocenters.